The van der Waals surface area contributed by atoms with Gasteiger partial charge in [0.25, 0.3) is 5.91 Å². The van der Waals surface area contributed by atoms with Crippen LogP contribution < -0.4 is 10.6 Å². The molecule has 32 heavy (non-hydrogen) atoms. The molecule has 3 heterocycles. The molecule has 0 saturated heterocycles. The Bertz CT molecular complexity index is 1230. The van der Waals surface area contributed by atoms with Crippen molar-refractivity contribution in [2.75, 3.05) is 18.1 Å². The van der Waals surface area contributed by atoms with Gasteiger partial charge in [0.1, 0.15) is 17.3 Å². The van der Waals surface area contributed by atoms with Gasteiger partial charge >= 0.3 is 0 Å². The number of nitrogens with one attached hydrogen (secondary N) is 3. The Morgan fingerprint density at radius 1 is 1.25 bits per heavy atom. The van der Waals surface area contributed by atoms with Gasteiger partial charge in [-0.25, -0.2) is 19.0 Å². The summed E-state index contributed by atoms with van der Waals surface area (Å²) in [5, 5.41) is 19.0. The number of fused-ring (bicyclic) bond motifs is 1. The molecule has 0 saturated carbocycles. The lowest BCUT2D eigenvalue weighted by atomic mass is 10.1. The Hall–Kier alpha value is -3.47. The topological polar surface area (TPSA) is 113 Å². The van der Waals surface area contributed by atoms with E-state index in [-0.39, 0.29) is 17.8 Å². The molecule has 0 bridgehead atoms. The van der Waals surface area contributed by atoms with Crippen LogP contribution in [0.25, 0.3) is 22.3 Å². The molecule has 0 aliphatic carbocycles. The first-order valence-electron chi connectivity index (χ1n) is 10.1. The summed E-state index contributed by atoms with van der Waals surface area (Å²) in [6.45, 7) is 4.89. The third-order valence-corrected chi connectivity index (χ3v) is 5.20. The number of H-pyrrole nitrogens is 1. The summed E-state index contributed by atoms with van der Waals surface area (Å²) in [6.07, 6.45) is 3.65. The van der Waals surface area contributed by atoms with Crippen LogP contribution in [-0.4, -0.2) is 54.7 Å². The normalized spacial score (nSPS) is 11.3. The molecule has 0 spiro atoms. The Morgan fingerprint density at radius 2 is 2.03 bits per heavy atom. The molecular weight excluding hydrogens is 431 g/mol. The Kier molecular flexibility index (Phi) is 6.35. The third kappa shape index (κ3) is 4.72. The first-order valence-corrected chi connectivity index (χ1v) is 11.3. The minimum Gasteiger partial charge on any atom is -0.367 e. The zero-order chi connectivity index (χ0) is 22.7. The molecule has 3 N–H and O–H groups in total. The fourth-order valence-corrected chi connectivity index (χ4v) is 3.51. The van der Waals surface area contributed by atoms with E-state index in [1.807, 2.05) is 20.1 Å². The van der Waals surface area contributed by atoms with Gasteiger partial charge in [-0.3, -0.25) is 9.89 Å². The summed E-state index contributed by atoms with van der Waals surface area (Å²) < 4.78 is 14.8. The number of aromatic amines is 1. The van der Waals surface area contributed by atoms with E-state index >= 15 is 0 Å². The van der Waals surface area contributed by atoms with E-state index < -0.39 is 0 Å². The molecule has 1 aromatic carbocycles. The van der Waals surface area contributed by atoms with Crippen molar-refractivity contribution < 1.29 is 9.18 Å². The molecule has 3 aromatic heterocycles. The van der Waals surface area contributed by atoms with Crippen LogP contribution in [0.2, 0.25) is 0 Å². The lowest BCUT2D eigenvalue weighted by molar-refractivity contribution is 0.0947. The van der Waals surface area contributed by atoms with Crippen molar-refractivity contribution in [3.05, 3.63) is 48.0 Å². The van der Waals surface area contributed by atoms with Crippen LogP contribution in [-0.2, 0) is 6.54 Å². The Balaban J connectivity index is 1.43. The number of benzene rings is 1. The number of carbonyl (C=O) groups is 1. The smallest absolute Gasteiger partial charge is 0.269 e. The van der Waals surface area contributed by atoms with Crippen LogP contribution >= 0.6 is 11.8 Å². The van der Waals surface area contributed by atoms with Gasteiger partial charge in [0.05, 0.1) is 23.8 Å². The van der Waals surface area contributed by atoms with E-state index in [0.29, 0.717) is 35.3 Å². The zero-order valence-corrected chi connectivity index (χ0v) is 18.7. The fraction of sp³-hybridized carbons (Fsp3) is 0.286. The van der Waals surface area contributed by atoms with Crippen molar-refractivity contribution in [3.8, 4) is 11.3 Å². The largest absolute Gasteiger partial charge is 0.367 e. The zero-order valence-electron chi connectivity index (χ0n) is 17.9. The molecule has 11 heteroatoms. The number of thioether (sulfide) groups is 1. The van der Waals surface area contributed by atoms with E-state index in [1.165, 1.54) is 23.9 Å². The van der Waals surface area contributed by atoms with Gasteiger partial charge in [0.2, 0.25) is 0 Å². The number of amides is 1. The number of carbonyl (C=O) groups excluding carboxylic acids is 1. The van der Waals surface area contributed by atoms with Gasteiger partial charge < -0.3 is 10.6 Å². The van der Waals surface area contributed by atoms with Gasteiger partial charge in [-0.2, -0.15) is 10.2 Å². The van der Waals surface area contributed by atoms with Crippen molar-refractivity contribution >= 4 is 34.5 Å². The van der Waals surface area contributed by atoms with Crippen LogP contribution in [0, 0.1) is 5.82 Å². The second-order valence-electron chi connectivity index (χ2n) is 7.39. The maximum atomic E-state index is 13.1. The highest BCUT2D eigenvalue weighted by atomic mass is 32.2. The molecule has 0 aliphatic heterocycles. The summed E-state index contributed by atoms with van der Waals surface area (Å²) in [4.78, 5) is 21.6. The van der Waals surface area contributed by atoms with Crippen molar-refractivity contribution in [1.82, 2.24) is 35.3 Å². The maximum Gasteiger partial charge on any atom is 0.269 e. The highest BCUT2D eigenvalue weighted by Crippen LogP contribution is 2.24. The Morgan fingerprint density at radius 3 is 2.75 bits per heavy atom. The average molecular weight is 455 g/mol. The molecular formula is C21H23FN8OS. The molecule has 0 unspecified atom stereocenters. The van der Waals surface area contributed by atoms with Crippen LogP contribution in [0.15, 0.2) is 41.7 Å². The second-order valence-corrected chi connectivity index (χ2v) is 8.17. The fourth-order valence-electron chi connectivity index (χ4n) is 3.15. The van der Waals surface area contributed by atoms with Crippen LogP contribution in [0.4, 0.5) is 10.2 Å². The van der Waals surface area contributed by atoms with Crippen molar-refractivity contribution in [1.29, 1.82) is 0 Å². The van der Waals surface area contributed by atoms with Crippen molar-refractivity contribution in [2.45, 2.75) is 31.6 Å². The molecule has 0 radical (unpaired) electrons. The molecule has 166 valence electrons. The maximum absolute atomic E-state index is 13.1. The van der Waals surface area contributed by atoms with Gasteiger partial charge in [0, 0.05) is 18.2 Å². The van der Waals surface area contributed by atoms with Gasteiger partial charge in [-0.1, -0.05) is 11.8 Å². The number of nitrogens with zero attached hydrogens (tertiary/aromatic N) is 5. The number of hydrogen-bond donors (Lipinski definition) is 3. The van der Waals surface area contributed by atoms with Gasteiger partial charge in [0.15, 0.2) is 10.8 Å². The number of hydrogen-bond acceptors (Lipinski definition) is 7. The van der Waals surface area contributed by atoms with Crippen molar-refractivity contribution in [3.63, 3.8) is 0 Å². The predicted molar refractivity (Wildman–Crippen MR) is 122 cm³/mol. The first-order chi connectivity index (χ1) is 15.4. The van der Waals surface area contributed by atoms with E-state index in [1.54, 1.807) is 29.1 Å². The summed E-state index contributed by atoms with van der Waals surface area (Å²) >= 11 is 1.46. The minimum absolute atomic E-state index is 0.222. The first kappa shape index (κ1) is 21.8. The lowest BCUT2D eigenvalue weighted by Gasteiger charge is -2.11. The molecule has 4 aromatic rings. The molecule has 4 rings (SSSR count). The standard InChI is InChI=1S/C21H23FN8OS/c1-12(2)25-18-15-11-24-30(19(15)27-21(26-18)32-3)9-8-23-20(31)17-10-16(28-29-17)13-4-6-14(22)7-5-13/h4-7,10-12H,8-9H2,1-3H3,(H,23,31)(H,28,29)(H,25,26,27). The summed E-state index contributed by atoms with van der Waals surface area (Å²) in [5.74, 6) is 0.134. The predicted octanol–water partition coefficient (Wildman–Crippen LogP) is 3.33. The average Bonchev–Trinajstić information content (AvgIpc) is 3.42. The van der Waals surface area contributed by atoms with E-state index in [9.17, 15) is 9.18 Å². The minimum atomic E-state index is -0.324. The second kappa shape index (κ2) is 9.35. The number of rotatable bonds is 8. The van der Waals surface area contributed by atoms with Gasteiger partial charge in [-0.15, -0.1) is 0 Å². The molecule has 0 atom stereocenters. The summed E-state index contributed by atoms with van der Waals surface area (Å²) in [7, 11) is 0. The SMILES string of the molecule is CSc1nc(NC(C)C)c2cnn(CCNC(=O)c3cc(-c4ccc(F)cc4)n[nH]3)c2n1. The Labute approximate surface area is 188 Å². The van der Waals surface area contributed by atoms with Crippen LogP contribution in [0.1, 0.15) is 24.3 Å². The lowest BCUT2D eigenvalue weighted by Crippen LogP contribution is -2.27. The molecule has 0 fully saturated rings. The van der Waals surface area contributed by atoms with Gasteiger partial charge in [-0.05, 0) is 50.4 Å². The third-order valence-electron chi connectivity index (χ3n) is 4.66. The summed E-state index contributed by atoms with van der Waals surface area (Å²) in [6, 6.07) is 7.79. The van der Waals surface area contributed by atoms with E-state index in [4.69, 9.17) is 0 Å². The van der Waals surface area contributed by atoms with E-state index in [0.717, 1.165) is 16.8 Å². The van der Waals surface area contributed by atoms with Crippen molar-refractivity contribution in [2.24, 2.45) is 0 Å². The molecule has 1 amide bonds. The summed E-state index contributed by atoms with van der Waals surface area (Å²) in [5.41, 5.74) is 2.33. The molecule has 9 nitrogen and oxygen atoms in total. The highest BCUT2D eigenvalue weighted by molar-refractivity contribution is 7.98. The molecule has 0 aliphatic rings. The van der Waals surface area contributed by atoms with E-state index in [2.05, 4.69) is 35.9 Å². The highest BCUT2D eigenvalue weighted by Gasteiger charge is 2.15. The number of halogens is 1. The monoisotopic (exact) mass is 454 g/mol. The van der Waals surface area contributed by atoms with Crippen LogP contribution in [0.5, 0.6) is 0 Å². The number of aromatic nitrogens is 6. The number of anilines is 1. The quantitative estimate of drug-likeness (QED) is 0.276. The van der Waals surface area contributed by atoms with Crippen LogP contribution in [0.3, 0.4) is 0 Å².